The van der Waals surface area contributed by atoms with Gasteiger partial charge in [0.05, 0.1) is 5.02 Å². The van der Waals surface area contributed by atoms with Crippen molar-refractivity contribution in [3.05, 3.63) is 52.5 Å². The molecule has 0 bridgehead atoms. The van der Waals surface area contributed by atoms with Gasteiger partial charge in [-0.1, -0.05) is 23.7 Å². The van der Waals surface area contributed by atoms with Crippen molar-refractivity contribution in [2.75, 3.05) is 13.2 Å². The quantitative estimate of drug-likeness (QED) is 0.898. The van der Waals surface area contributed by atoms with Crippen molar-refractivity contribution in [2.45, 2.75) is 24.8 Å². The van der Waals surface area contributed by atoms with Crippen LogP contribution >= 0.6 is 11.6 Å². The molecule has 0 saturated carbocycles. The van der Waals surface area contributed by atoms with Crippen LogP contribution in [0.1, 0.15) is 24.1 Å². The van der Waals surface area contributed by atoms with Crippen LogP contribution in [0.4, 0.5) is 0 Å². The number of fused-ring (bicyclic) bond motifs is 1. The van der Waals surface area contributed by atoms with Gasteiger partial charge < -0.3 is 9.47 Å². The molecular weight excluding hydrogens is 350 g/mol. The average molecular weight is 368 g/mol. The van der Waals surface area contributed by atoms with Crippen LogP contribution < -0.4 is 14.2 Å². The number of benzene rings is 2. The van der Waals surface area contributed by atoms with E-state index in [-0.39, 0.29) is 9.92 Å². The Hall–Kier alpha value is -1.76. The predicted octanol–water partition coefficient (Wildman–Crippen LogP) is 3.46. The van der Waals surface area contributed by atoms with Crippen LogP contribution in [0.5, 0.6) is 11.5 Å². The molecule has 3 rings (SSSR count). The molecule has 7 heteroatoms. The van der Waals surface area contributed by atoms with Crippen molar-refractivity contribution in [1.82, 2.24) is 4.72 Å². The first-order chi connectivity index (χ1) is 11.4. The summed E-state index contributed by atoms with van der Waals surface area (Å²) in [5.41, 5.74) is 1.69. The molecule has 0 amide bonds. The molecule has 0 fully saturated rings. The summed E-state index contributed by atoms with van der Waals surface area (Å²) in [6.45, 7) is 4.62. The molecule has 2 aromatic rings. The zero-order chi connectivity index (χ0) is 17.3. The third kappa shape index (κ3) is 3.50. The number of halogens is 1. The van der Waals surface area contributed by atoms with Gasteiger partial charge in [0.25, 0.3) is 0 Å². The molecule has 1 aliphatic rings. The van der Waals surface area contributed by atoms with Crippen molar-refractivity contribution < 1.29 is 17.9 Å². The predicted molar refractivity (Wildman–Crippen MR) is 92.4 cm³/mol. The lowest BCUT2D eigenvalue weighted by Gasteiger charge is -2.21. The molecule has 0 saturated heterocycles. The van der Waals surface area contributed by atoms with Crippen LogP contribution in [0.25, 0.3) is 0 Å². The minimum absolute atomic E-state index is 0.0687. The normalized spacial score (nSPS) is 15.1. The van der Waals surface area contributed by atoms with Gasteiger partial charge >= 0.3 is 0 Å². The highest BCUT2D eigenvalue weighted by atomic mass is 35.5. The summed E-state index contributed by atoms with van der Waals surface area (Å²) in [6.07, 6.45) is 0. The Bertz CT molecular complexity index is 867. The molecule has 0 spiro atoms. The molecule has 5 nitrogen and oxygen atoms in total. The van der Waals surface area contributed by atoms with E-state index in [1.165, 1.54) is 6.07 Å². The maximum absolute atomic E-state index is 12.6. The molecule has 1 heterocycles. The van der Waals surface area contributed by atoms with Crippen LogP contribution in [-0.2, 0) is 10.0 Å². The molecule has 0 radical (unpaired) electrons. The Morgan fingerprint density at radius 2 is 1.79 bits per heavy atom. The second-order valence-electron chi connectivity index (χ2n) is 5.68. The van der Waals surface area contributed by atoms with Crippen LogP contribution in [0.15, 0.2) is 41.3 Å². The molecule has 2 aromatic carbocycles. The number of hydrogen-bond donors (Lipinski definition) is 1. The lowest BCUT2D eigenvalue weighted by molar-refractivity contribution is 0.171. The summed E-state index contributed by atoms with van der Waals surface area (Å²) in [5.74, 6) is 1.29. The highest BCUT2D eigenvalue weighted by Gasteiger charge is 2.22. The lowest BCUT2D eigenvalue weighted by Crippen LogP contribution is -2.27. The lowest BCUT2D eigenvalue weighted by atomic mass is 10.1. The molecule has 24 heavy (non-hydrogen) atoms. The van der Waals surface area contributed by atoms with E-state index in [0.717, 1.165) is 11.1 Å². The maximum atomic E-state index is 12.6. The number of ether oxygens (including phenoxy) is 2. The van der Waals surface area contributed by atoms with E-state index in [9.17, 15) is 8.42 Å². The molecule has 1 N–H and O–H groups in total. The molecule has 128 valence electrons. The molecule has 0 aliphatic carbocycles. The first-order valence-corrected chi connectivity index (χ1v) is 9.41. The average Bonchev–Trinajstić information content (AvgIpc) is 2.53. The Balaban J connectivity index is 1.84. The van der Waals surface area contributed by atoms with Crippen LogP contribution in [0, 0.1) is 6.92 Å². The Morgan fingerprint density at radius 1 is 1.08 bits per heavy atom. The third-order valence-corrected chi connectivity index (χ3v) is 5.80. The van der Waals surface area contributed by atoms with Gasteiger partial charge in [-0.05, 0) is 49.2 Å². The standard InChI is InChI=1S/C17H18ClNO4S/c1-11-3-6-17(14(18)9-11)24(20,21)19-12(2)13-4-5-15-16(10-13)23-8-7-22-15/h3-6,9-10,12,19H,7-8H2,1-2H3. The van der Waals surface area contributed by atoms with E-state index in [1.807, 2.05) is 13.0 Å². The number of sulfonamides is 1. The number of aryl methyl sites for hydroxylation is 1. The minimum atomic E-state index is -3.73. The van der Waals surface area contributed by atoms with E-state index in [0.29, 0.717) is 24.7 Å². The van der Waals surface area contributed by atoms with Gasteiger partial charge in [0, 0.05) is 6.04 Å². The summed E-state index contributed by atoms with van der Waals surface area (Å²) < 4.78 is 38.8. The highest BCUT2D eigenvalue weighted by Crippen LogP contribution is 2.33. The van der Waals surface area contributed by atoms with Gasteiger partial charge in [-0.25, -0.2) is 13.1 Å². The summed E-state index contributed by atoms with van der Waals surface area (Å²) >= 11 is 6.08. The van der Waals surface area contributed by atoms with Gasteiger partial charge in [-0.15, -0.1) is 0 Å². The van der Waals surface area contributed by atoms with E-state index in [1.54, 1.807) is 31.2 Å². The number of rotatable bonds is 4. The molecule has 1 aliphatic heterocycles. The Labute approximate surface area is 146 Å². The zero-order valence-electron chi connectivity index (χ0n) is 13.4. The van der Waals surface area contributed by atoms with E-state index in [4.69, 9.17) is 21.1 Å². The molecular formula is C17H18ClNO4S. The number of hydrogen-bond acceptors (Lipinski definition) is 4. The van der Waals surface area contributed by atoms with Crippen molar-refractivity contribution >= 4 is 21.6 Å². The van der Waals surface area contributed by atoms with E-state index >= 15 is 0 Å². The Morgan fingerprint density at radius 3 is 2.50 bits per heavy atom. The van der Waals surface area contributed by atoms with E-state index in [2.05, 4.69) is 4.72 Å². The number of nitrogens with one attached hydrogen (secondary N) is 1. The SMILES string of the molecule is Cc1ccc(S(=O)(=O)NC(C)c2ccc3c(c2)OCCO3)c(Cl)c1. The van der Waals surface area contributed by atoms with Gasteiger partial charge in [-0.3, -0.25) is 0 Å². The third-order valence-electron chi connectivity index (χ3n) is 3.78. The van der Waals surface area contributed by atoms with Crippen LogP contribution in [-0.4, -0.2) is 21.6 Å². The van der Waals surface area contributed by atoms with Crippen molar-refractivity contribution in [2.24, 2.45) is 0 Å². The van der Waals surface area contributed by atoms with Crippen molar-refractivity contribution in [1.29, 1.82) is 0 Å². The summed E-state index contributed by atoms with van der Waals surface area (Å²) in [5, 5.41) is 0.205. The minimum Gasteiger partial charge on any atom is -0.486 e. The summed E-state index contributed by atoms with van der Waals surface area (Å²) in [6, 6.07) is 9.81. The fourth-order valence-electron chi connectivity index (χ4n) is 2.52. The smallest absolute Gasteiger partial charge is 0.242 e. The Kier molecular flexibility index (Phi) is 4.71. The second kappa shape index (κ2) is 6.63. The second-order valence-corrected chi connectivity index (χ2v) is 7.77. The molecule has 1 atom stereocenters. The topological polar surface area (TPSA) is 64.6 Å². The molecule has 0 aromatic heterocycles. The van der Waals surface area contributed by atoms with Crippen LogP contribution in [0.3, 0.4) is 0 Å². The van der Waals surface area contributed by atoms with E-state index < -0.39 is 16.1 Å². The highest BCUT2D eigenvalue weighted by molar-refractivity contribution is 7.89. The fraction of sp³-hybridized carbons (Fsp3) is 0.294. The summed E-state index contributed by atoms with van der Waals surface area (Å²) in [7, 11) is -3.73. The van der Waals surface area contributed by atoms with Crippen molar-refractivity contribution in [3.63, 3.8) is 0 Å². The van der Waals surface area contributed by atoms with Crippen molar-refractivity contribution in [3.8, 4) is 11.5 Å². The monoisotopic (exact) mass is 367 g/mol. The van der Waals surface area contributed by atoms with Gasteiger partial charge in [-0.2, -0.15) is 0 Å². The maximum Gasteiger partial charge on any atom is 0.242 e. The van der Waals surface area contributed by atoms with Gasteiger partial charge in [0.1, 0.15) is 18.1 Å². The van der Waals surface area contributed by atoms with Gasteiger partial charge in [0.15, 0.2) is 11.5 Å². The van der Waals surface area contributed by atoms with Crippen LogP contribution in [0.2, 0.25) is 5.02 Å². The largest absolute Gasteiger partial charge is 0.486 e. The zero-order valence-corrected chi connectivity index (χ0v) is 14.9. The van der Waals surface area contributed by atoms with Gasteiger partial charge in [0.2, 0.25) is 10.0 Å². The summed E-state index contributed by atoms with van der Waals surface area (Å²) in [4.78, 5) is 0.0687. The molecule has 1 unspecified atom stereocenters. The fourth-order valence-corrected chi connectivity index (χ4v) is 4.35. The first kappa shape index (κ1) is 17.1. The first-order valence-electron chi connectivity index (χ1n) is 7.55.